The molecule has 2 N–H and O–H groups in total. The molecule has 0 saturated carbocycles. The summed E-state index contributed by atoms with van der Waals surface area (Å²) in [5.41, 5.74) is 0.0628. The molecule has 5 nitrogen and oxygen atoms in total. The van der Waals surface area contributed by atoms with Crippen molar-refractivity contribution in [3.05, 3.63) is 29.8 Å². The molecule has 0 aliphatic rings. The molecule has 0 saturated heterocycles. The third-order valence-electron chi connectivity index (χ3n) is 2.09. The van der Waals surface area contributed by atoms with Crippen LogP contribution in [0.25, 0.3) is 0 Å². The number of hydrogen-bond donors (Lipinski definition) is 2. The minimum atomic E-state index is -3.54. The third kappa shape index (κ3) is 3.83. The highest BCUT2D eigenvalue weighted by molar-refractivity contribution is 7.89. The minimum Gasteiger partial charge on any atom is -0.478 e. The van der Waals surface area contributed by atoms with E-state index in [0.717, 1.165) is 0 Å². The Balaban J connectivity index is 2.89. The van der Waals surface area contributed by atoms with Crippen LogP contribution in [0.2, 0.25) is 0 Å². The zero-order chi connectivity index (χ0) is 13.1. The number of carboxylic acids is 1. The first-order chi connectivity index (χ1) is 7.83. The average Bonchev–Trinajstić information content (AvgIpc) is 2.27. The summed E-state index contributed by atoms with van der Waals surface area (Å²) in [6.07, 6.45) is 0. The molecule has 1 rings (SSSR count). The molecule has 0 heterocycles. The highest BCUT2D eigenvalue weighted by Crippen LogP contribution is 2.10. The molecule has 1 aromatic carbocycles. The lowest BCUT2D eigenvalue weighted by Gasteiger charge is -2.08. The zero-order valence-electron chi connectivity index (χ0n) is 9.67. The Kier molecular flexibility index (Phi) is 4.25. The van der Waals surface area contributed by atoms with Crippen molar-refractivity contribution in [2.75, 3.05) is 6.54 Å². The predicted molar refractivity (Wildman–Crippen MR) is 63.4 cm³/mol. The number of hydrogen-bond acceptors (Lipinski definition) is 3. The van der Waals surface area contributed by atoms with Crippen molar-refractivity contribution < 1.29 is 18.3 Å². The molecule has 0 amide bonds. The molecule has 0 spiro atoms. The van der Waals surface area contributed by atoms with Crippen molar-refractivity contribution in [1.29, 1.82) is 0 Å². The zero-order valence-corrected chi connectivity index (χ0v) is 10.5. The van der Waals surface area contributed by atoms with Gasteiger partial charge in [-0.2, -0.15) is 0 Å². The van der Waals surface area contributed by atoms with E-state index < -0.39 is 16.0 Å². The molecule has 6 heteroatoms. The van der Waals surface area contributed by atoms with Gasteiger partial charge in [0.15, 0.2) is 0 Å². The van der Waals surface area contributed by atoms with Crippen LogP contribution >= 0.6 is 0 Å². The number of carboxylic acid groups (broad SMARTS) is 1. The fraction of sp³-hybridized carbons (Fsp3) is 0.364. The van der Waals surface area contributed by atoms with Crippen molar-refractivity contribution in [2.24, 2.45) is 5.92 Å². The van der Waals surface area contributed by atoms with E-state index in [-0.39, 0.29) is 16.4 Å². The van der Waals surface area contributed by atoms with E-state index in [4.69, 9.17) is 5.11 Å². The van der Waals surface area contributed by atoms with Crippen molar-refractivity contribution in [3.63, 3.8) is 0 Å². The highest BCUT2D eigenvalue weighted by Gasteiger charge is 2.14. The molecule has 0 unspecified atom stereocenters. The minimum absolute atomic E-state index is 0.0628. The van der Waals surface area contributed by atoms with E-state index in [9.17, 15) is 13.2 Å². The molecule has 0 atom stereocenters. The van der Waals surface area contributed by atoms with Gasteiger partial charge in [0.2, 0.25) is 10.0 Å². The van der Waals surface area contributed by atoms with Gasteiger partial charge in [-0.3, -0.25) is 0 Å². The number of sulfonamides is 1. The molecule has 0 aliphatic carbocycles. The average molecular weight is 257 g/mol. The molecule has 94 valence electrons. The summed E-state index contributed by atoms with van der Waals surface area (Å²) in [6, 6.07) is 5.11. The van der Waals surface area contributed by atoms with Crippen molar-refractivity contribution in [2.45, 2.75) is 18.7 Å². The van der Waals surface area contributed by atoms with Gasteiger partial charge in [-0.05, 0) is 30.2 Å². The maximum Gasteiger partial charge on any atom is 0.335 e. The van der Waals surface area contributed by atoms with Crippen LogP contribution in [0.3, 0.4) is 0 Å². The summed E-state index contributed by atoms with van der Waals surface area (Å²) in [5, 5.41) is 8.69. The van der Waals surface area contributed by atoms with Gasteiger partial charge in [0, 0.05) is 6.54 Å². The van der Waals surface area contributed by atoms with E-state index in [1.165, 1.54) is 24.3 Å². The number of rotatable bonds is 5. The number of carbonyl (C=O) groups is 1. The van der Waals surface area contributed by atoms with Gasteiger partial charge in [-0.25, -0.2) is 17.9 Å². The largest absolute Gasteiger partial charge is 0.478 e. The van der Waals surface area contributed by atoms with Crippen LogP contribution in [0.5, 0.6) is 0 Å². The molecular formula is C11H15NO4S. The lowest BCUT2D eigenvalue weighted by molar-refractivity contribution is 0.0697. The number of benzene rings is 1. The van der Waals surface area contributed by atoms with Gasteiger partial charge in [0.25, 0.3) is 0 Å². The second-order valence-electron chi connectivity index (χ2n) is 4.08. The van der Waals surface area contributed by atoms with Crippen molar-refractivity contribution >= 4 is 16.0 Å². The molecule has 0 fully saturated rings. The fourth-order valence-electron chi connectivity index (χ4n) is 1.14. The van der Waals surface area contributed by atoms with Crippen LogP contribution in [-0.2, 0) is 10.0 Å². The van der Waals surface area contributed by atoms with Crippen LogP contribution in [0.15, 0.2) is 29.2 Å². The monoisotopic (exact) mass is 257 g/mol. The molecule has 0 bridgehead atoms. The van der Waals surface area contributed by atoms with Gasteiger partial charge in [-0.1, -0.05) is 13.8 Å². The normalized spacial score (nSPS) is 11.7. The maximum absolute atomic E-state index is 11.8. The second-order valence-corrected chi connectivity index (χ2v) is 5.84. The fourth-order valence-corrected chi connectivity index (χ4v) is 2.35. The molecular weight excluding hydrogens is 242 g/mol. The Labute approximate surface area is 101 Å². The molecule has 0 aliphatic heterocycles. The van der Waals surface area contributed by atoms with Crippen LogP contribution in [0.4, 0.5) is 0 Å². The van der Waals surface area contributed by atoms with E-state index in [2.05, 4.69) is 4.72 Å². The number of nitrogens with one attached hydrogen (secondary N) is 1. The van der Waals surface area contributed by atoms with Gasteiger partial charge in [0.1, 0.15) is 0 Å². The van der Waals surface area contributed by atoms with Crippen LogP contribution in [-0.4, -0.2) is 26.0 Å². The van der Waals surface area contributed by atoms with E-state index in [1.807, 2.05) is 13.8 Å². The summed E-state index contributed by atoms with van der Waals surface area (Å²) in [6.45, 7) is 4.15. The molecule has 17 heavy (non-hydrogen) atoms. The van der Waals surface area contributed by atoms with Crippen LogP contribution in [0, 0.1) is 5.92 Å². The summed E-state index contributed by atoms with van der Waals surface area (Å²) in [4.78, 5) is 10.7. The summed E-state index contributed by atoms with van der Waals surface area (Å²) < 4.78 is 26.0. The Hall–Kier alpha value is -1.40. The first-order valence-corrected chi connectivity index (χ1v) is 6.64. The summed E-state index contributed by atoms with van der Waals surface area (Å²) in [7, 11) is -3.54. The first-order valence-electron chi connectivity index (χ1n) is 5.16. The van der Waals surface area contributed by atoms with E-state index >= 15 is 0 Å². The Morgan fingerprint density at radius 3 is 2.24 bits per heavy atom. The number of aromatic carboxylic acids is 1. The van der Waals surface area contributed by atoms with E-state index in [0.29, 0.717) is 6.54 Å². The smallest absolute Gasteiger partial charge is 0.335 e. The van der Waals surface area contributed by atoms with Crippen molar-refractivity contribution in [1.82, 2.24) is 4.72 Å². The summed E-state index contributed by atoms with van der Waals surface area (Å²) in [5.74, 6) is -0.868. The maximum atomic E-state index is 11.8. The van der Waals surface area contributed by atoms with Gasteiger partial charge >= 0.3 is 5.97 Å². The standard InChI is InChI=1S/C11H15NO4S/c1-8(2)7-12-17(15,16)10-5-3-9(4-6-10)11(13)14/h3-6,8,12H,7H2,1-2H3,(H,13,14). The Bertz CT molecular complexity index is 491. The van der Waals surface area contributed by atoms with E-state index in [1.54, 1.807) is 0 Å². The lowest BCUT2D eigenvalue weighted by atomic mass is 10.2. The van der Waals surface area contributed by atoms with Gasteiger partial charge in [-0.15, -0.1) is 0 Å². The quantitative estimate of drug-likeness (QED) is 0.833. The topological polar surface area (TPSA) is 83.5 Å². The molecule has 0 aromatic heterocycles. The SMILES string of the molecule is CC(C)CNS(=O)(=O)c1ccc(C(=O)O)cc1. The molecule has 1 aromatic rings. The van der Waals surface area contributed by atoms with Crippen LogP contribution < -0.4 is 4.72 Å². The predicted octanol–water partition coefficient (Wildman–Crippen LogP) is 1.32. The Morgan fingerprint density at radius 2 is 1.82 bits per heavy atom. The van der Waals surface area contributed by atoms with Crippen LogP contribution in [0.1, 0.15) is 24.2 Å². The summed E-state index contributed by atoms with van der Waals surface area (Å²) >= 11 is 0. The lowest BCUT2D eigenvalue weighted by Crippen LogP contribution is -2.27. The van der Waals surface area contributed by atoms with Gasteiger partial charge < -0.3 is 5.11 Å². The van der Waals surface area contributed by atoms with Crippen molar-refractivity contribution in [3.8, 4) is 0 Å². The first kappa shape index (κ1) is 13.7. The highest BCUT2D eigenvalue weighted by atomic mass is 32.2. The van der Waals surface area contributed by atoms with Gasteiger partial charge in [0.05, 0.1) is 10.5 Å². The molecule has 0 radical (unpaired) electrons. The third-order valence-corrected chi connectivity index (χ3v) is 3.53. The Morgan fingerprint density at radius 1 is 1.29 bits per heavy atom. The second kappa shape index (κ2) is 5.29.